The average molecular weight is 355 g/mol. The van der Waals surface area contributed by atoms with Crippen molar-refractivity contribution < 1.29 is 14.4 Å². The Morgan fingerprint density at radius 3 is 2.27 bits per heavy atom. The number of hydrogen-bond donors (Lipinski definition) is 0. The number of carbonyl (C=O) groups is 3. The van der Waals surface area contributed by atoms with Crippen LogP contribution in [0.4, 0.5) is 0 Å². The summed E-state index contributed by atoms with van der Waals surface area (Å²) >= 11 is 12.0. The van der Waals surface area contributed by atoms with Gasteiger partial charge in [-0.1, -0.05) is 35.5 Å². The maximum atomic E-state index is 12.4. The second-order valence-corrected chi connectivity index (χ2v) is 6.51. The molecule has 1 heterocycles. The summed E-state index contributed by atoms with van der Waals surface area (Å²) < 4.78 is 0.135. The second-order valence-electron chi connectivity index (χ2n) is 4.39. The van der Waals surface area contributed by atoms with E-state index in [4.69, 9.17) is 23.8 Å². The van der Waals surface area contributed by atoms with Crippen molar-refractivity contribution in [1.82, 2.24) is 10.0 Å². The molecule has 0 radical (unpaired) electrons. The molecule has 2 rings (SSSR count). The van der Waals surface area contributed by atoms with Gasteiger partial charge in [-0.05, 0) is 36.0 Å². The lowest BCUT2D eigenvalue weighted by molar-refractivity contribution is -0.160. The predicted molar refractivity (Wildman–Crippen MR) is 89.7 cm³/mol. The van der Waals surface area contributed by atoms with Crippen LogP contribution in [0, 0.1) is 0 Å². The van der Waals surface area contributed by atoms with E-state index >= 15 is 0 Å². The summed E-state index contributed by atoms with van der Waals surface area (Å²) in [4.78, 5) is 35.9. The fourth-order valence-corrected chi connectivity index (χ4v) is 3.21. The number of amides is 3. The molecule has 0 spiro atoms. The molecule has 1 aromatic rings. The summed E-state index contributed by atoms with van der Waals surface area (Å²) in [5.74, 6) is -1.65. The molecule has 114 valence electrons. The lowest BCUT2D eigenvalue weighted by Gasteiger charge is -2.26. The van der Waals surface area contributed by atoms with Crippen LogP contribution in [0.25, 0.3) is 6.08 Å². The molecule has 1 aliphatic rings. The van der Waals surface area contributed by atoms with Crippen LogP contribution in [0.15, 0.2) is 29.2 Å². The first-order valence-corrected chi connectivity index (χ1v) is 7.76. The highest BCUT2D eigenvalue weighted by Crippen LogP contribution is 2.33. The van der Waals surface area contributed by atoms with Gasteiger partial charge in [0.25, 0.3) is 5.91 Å². The number of halogens is 1. The summed E-state index contributed by atoms with van der Waals surface area (Å²) in [7, 11) is 0. The fraction of sp³-hybridized carbons (Fsp3) is 0.143. The molecule has 0 N–H and O–H groups in total. The molecule has 22 heavy (non-hydrogen) atoms. The molecule has 1 fully saturated rings. The van der Waals surface area contributed by atoms with E-state index in [-0.39, 0.29) is 4.32 Å². The number of nitrogens with zero attached hydrogens (tertiary/aromatic N) is 2. The van der Waals surface area contributed by atoms with Crippen molar-refractivity contribution in [3.8, 4) is 0 Å². The van der Waals surface area contributed by atoms with Gasteiger partial charge < -0.3 is 0 Å². The van der Waals surface area contributed by atoms with Gasteiger partial charge in [-0.15, -0.1) is 0 Å². The molecule has 0 atom stereocenters. The summed E-state index contributed by atoms with van der Waals surface area (Å²) in [6, 6.07) is 6.91. The Labute approximate surface area is 141 Å². The van der Waals surface area contributed by atoms with Crippen LogP contribution in [0.1, 0.15) is 19.4 Å². The van der Waals surface area contributed by atoms with Crippen molar-refractivity contribution in [1.29, 1.82) is 0 Å². The van der Waals surface area contributed by atoms with E-state index in [1.165, 1.54) is 13.8 Å². The van der Waals surface area contributed by atoms with Crippen LogP contribution in [0.3, 0.4) is 0 Å². The molecular formula is C14H11ClN2O3S2. The highest BCUT2D eigenvalue weighted by molar-refractivity contribution is 8.26. The summed E-state index contributed by atoms with van der Waals surface area (Å²) in [6.45, 7) is 2.39. The molecule has 0 aliphatic carbocycles. The molecule has 0 bridgehead atoms. The Morgan fingerprint density at radius 2 is 1.77 bits per heavy atom. The first kappa shape index (κ1) is 16.7. The highest BCUT2D eigenvalue weighted by Gasteiger charge is 2.39. The Hall–Kier alpha value is -1.70. The van der Waals surface area contributed by atoms with Gasteiger partial charge in [-0.2, -0.15) is 10.0 Å². The minimum atomic E-state index is -0.573. The number of benzene rings is 1. The molecular weight excluding hydrogens is 344 g/mol. The van der Waals surface area contributed by atoms with E-state index in [0.29, 0.717) is 9.93 Å². The zero-order valence-electron chi connectivity index (χ0n) is 11.7. The van der Waals surface area contributed by atoms with Crippen molar-refractivity contribution in [3.63, 3.8) is 0 Å². The minimum Gasteiger partial charge on any atom is -0.273 e. The van der Waals surface area contributed by atoms with Gasteiger partial charge in [-0.25, -0.2) is 0 Å². The molecule has 8 heteroatoms. The maximum Gasteiger partial charge on any atom is 0.285 e. The van der Waals surface area contributed by atoms with Crippen molar-refractivity contribution in [2.75, 3.05) is 0 Å². The zero-order chi connectivity index (χ0) is 16.4. The summed E-state index contributed by atoms with van der Waals surface area (Å²) in [6.07, 6.45) is 1.63. The lowest BCUT2D eigenvalue weighted by Crippen LogP contribution is -2.50. The number of imide groups is 1. The lowest BCUT2D eigenvalue weighted by atomic mass is 10.2. The van der Waals surface area contributed by atoms with Crippen LogP contribution in [0.2, 0.25) is 5.02 Å². The monoisotopic (exact) mass is 354 g/mol. The van der Waals surface area contributed by atoms with Gasteiger partial charge in [0.15, 0.2) is 4.32 Å². The summed E-state index contributed by atoms with van der Waals surface area (Å²) in [5, 5.41) is 2.25. The Kier molecular flexibility index (Phi) is 5.00. The normalized spacial score (nSPS) is 16.3. The molecule has 3 amide bonds. The zero-order valence-corrected chi connectivity index (χ0v) is 14.1. The van der Waals surface area contributed by atoms with Gasteiger partial charge in [-0.3, -0.25) is 14.4 Å². The Balaban J connectivity index is 2.34. The van der Waals surface area contributed by atoms with Gasteiger partial charge in [0.1, 0.15) is 0 Å². The maximum absolute atomic E-state index is 12.4. The number of hydrazine groups is 1. The number of carbonyl (C=O) groups excluding carboxylic acids is 3. The third kappa shape index (κ3) is 3.37. The van der Waals surface area contributed by atoms with E-state index in [2.05, 4.69) is 0 Å². The van der Waals surface area contributed by atoms with Crippen molar-refractivity contribution in [2.45, 2.75) is 13.8 Å². The van der Waals surface area contributed by atoms with Crippen LogP contribution in [-0.4, -0.2) is 32.1 Å². The van der Waals surface area contributed by atoms with Gasteiger partial charge in [0.2, 0.25) is 11.8 Å². The van der Waals surface area contributed by atoms with Gasteiger partial charge >= 0.3 is 0 Å². The predicted octanol–water partition coefficient (Wildman–Crippen LogP) is 2.85. The van der Waals surface area contributed by atoms with Crippen LogP contribution >= 0.6 is 35.6 Å². The second kappa shape index (κ2) is 6.60. The first-order valence-electron chi connectivity index (χ1n) is 6.16. The number of thiocarbonyl (C=S) groups is 1. The van der Waals surface area contributed by atoms with Crippen LogP contribution < -0.4 is 0 Å². The molecule has 1 aliphatic heterocycles. The standard InChI is InChI=1S/C14H11ClN2O3S2/c1-8(18)16(9(2)19)17-13(20)12(22-14(17)21)7-10-3-5-11(15)6-4-10/h3-7H,1-2H3/b12-7+. The summed E-state index contributed by atoms with van der Waals surface area (Å²) in [5.41, 5.74) is 0.766. The smallest absolute Gasteiger partial charge is 0.273 e. The van der Waals surface area contributed by atoms with Crippen molar-refractivity contribution >= 4 is 63.7 Å². The molecule has 0 unspecified atom stereocenters. The molecule has 1 saturated heterocycles. The quantitative estimate of drug-likeness (QED) is 0.603. The first-order chi connectivity index (χ1) is 10.3. The van der Waals surface area contributed by atoms with E-state index in [9.17, 15) is 14.4 Å². The SMILES string of the molecule is CC(=O)N(C(C)=O)N1C(=O)/C(=C\c2ccc(Cl)cc2)SC1=S. The van der Waals surface area contributed by atoms with E-state index < -0.39 is 17.7 Å². The molecule has 0 saturated carbocycles. The van der Waals surface area contributed by atoms with Crippen LogP contribution in [-0.2, 0) is 14.4 Å². The fourth-order valence-electron chi connectivity index (χ4n) is 1.85. The largest absolute Gasteiger partial charge is 0.285 e. The number of hydrogen-bond acceptors (Lipinski definition) is 5. The molecule has 0 aromatic heterocycles. The minimum absolute atomic E-state index is 0.135. The number of thioether (sulfide) groups is 1. The topological polar surface area (TPSA) is 57.7 Å². The third-order valence-corrected chi connectivity index (χ3v) is 4.27. The van der Waals surface area contributed by atoms with Crippen molar-refractivity contribution in [3.05, 3.63) is 39.8 Å². The van der Waals surface area contributed by atoms with E-state index in [1.54, 1.807) is 30.3 Å². The Morgan fingerprint density at radius 1 is 1.23 bits per heavy atom. The average Bonchev–Trinajstić information content (AvgIpc) is 2.69. The van der Waals surface area contributed by atoms with E-state index in [1.807, 2.05) is 0 Å². The third-order valence-electron chi connectivity index (χ3n) is 2.74. The highest BCUT2D eigenvalue weighted by atomic mass is 35.5. The Bertz CT molecular complexity index is 687. The molecule has 1 aromatic carbocycles. The van der Waals surface area contributed by atoms with Gasteiger partial charge in [0, 0.05) is 18.9 Å². The molecule has 5 nitrogen and oxygen atoms in total. The van der Waals surface area contributed by atoms with Crippen LogP contribution in [0.5, 0.6) is 0 Å². The van der Waals surface area contributed by atoms with Gasteiger partial charge in [0.05, 0.1) is 4.91 Å². The number of rotatable bonds is 2. The van der Waals surface area contributed by atoms with Crippen molar-refractivity contribution in [2.24, 2.45) is 0 Å². The van der Waals surface area contributed by atoms with E-state index in [0.717, 1.165) is 27.3 Å².